The molecule has 6 heteroatoms. The van der Waals surface area contributed by atoms with Gasteiger partial charge in [-0.3, -0.25) is 0 Å². The first-order valence-electron chi connectivity index (χ1n) is 5.30. The molecule has 0 saturated heterocycles. The zero-order valence-corrected chi connectivity index (χ0v) is 11.0. The van der Waals surface area contributed by atoms with Crippen molar-refractivity contribution in [3.8, 4) is 0 Å². The molecular weight excluding hydrogens is 240 g/mol. The first-order chi connectivity index (χ1) is 8.01. The van der Waals surface area contributed by atoms with E-state index in [1.807, 2.05) is 6.92 Å². The monoisotopic (exact) mass is 258 g/mol. The number of rotatable bonds is 6. The van der Waals surface area contributed by atoms with Crippen LogP contribution < -0.4 is 10.0 Å². The highest BCUT2D eigenvalue weighted by Crippen LogP contribution is 2.20. The summed E-state index contributed by atoms with van der Waals surface area (Å²) in [6, 6.07) is 6.77. The minimum absolute atomic E-state index is 0.0142. The van der Waals surface area contributed by atoms with E-state index < -0.39 is 10.0 Å². The zero-order chi connectivity index (χ0) is 12.9. The fraction of sp³-hybridized carbons (Fsp3) is 0.455. The van der Waals surface area contributed by atoms with E-state index in [1.165, 1.54) is 7.05 Å². The van der Waals surface area contributed by atoms with Crippen LogP contribution in [0.4, 0.5) is 5.69 Å². The van der Waals surface area contributed by atoms with Gasteiger partial charge in [-0.25, -0.2) is 13.1 Å². The molecule has 96 valence electrons. The Hall–Kier alpha value is -1.11. The third kappa shape index (κ3) is 3.69. The molecular formula is C11H18N2O3S. The van der Waals surface area contributed by atoms with Crippen LogP contribution in [0.3, 0.4) is 0 Å². The quantitative estimate of drug-likeness (QED) is 0.800. The molecule has 5 nitrogen and oxygen atoms in total. The number of ether oxygens (including phenoxy) is 1. The van der Waals surface area contributed by atoms with E-state index in [0.717, 1.165) is 0 Å². The third-order valence-electron chi connectivity index (χ3n) is 2.43. The number of nitrogens with one attached hydrogen (secondary N) is 2. The van der Waals surface area contributed by atoms with Crippen LogP contribution in [-0.2, 0) is 14.8 Å². The molecule has 0 aliphatic heterocycles. The fourth-order valence-electron chi connectivity index (χ4n) is 1.29. The van der Waals surface area contributed by atoms with Crippen molar-refractivity contribution >= 4 is 15.7 Å². The minimum Gasteiger partial charge on any atom is -0.381 e. The van der Waals surface area contributed by atoms with Crippen LogP contribution in [0.2, 0.25) is 0 Å². The van der Waals surface area contributed by atoms with E-state index in [1.54, 1.807) is 31.4 Å². The summed E-state index contributed by atoms with van der Waals surface area (Å²) in [7, 11) is -0.430. The van der Waals surface area contributed by atoms with Gasteiger partial charge < -0.3 is 10.1 Å². The van der Waals surface area contributed by atoms with Crippen molar-refractivity contribution in [2.24, 2.45) is 0 Å². The average Bonchev–Trinajstić information content (AvgIpc) is 2.36. The summed E-state index contributed by atoms with van der Waals surface area (Å²) in [5.41, 5.74) is 0.575. The second-order valence-electron chi connectivity index (χ2n) is 3.63. The molecule has 0 bridgehead atoms. The van der Waals surface area contributed by atoms with E-state index >= 15 is 0 Å². The highest BCUT2D eigenvalue weighted by Gasteiger charge is 2.15. The highest BCUT2D eigenvalue weighted by atomic mass is 32.2. The van der Waals surface area contributed by atoms with Gasteiger partial charge in [0.1, 0.15) is 4.90 Å². The van der Waals surface area contributed by atoms with Gasteiger partial charge in [0.2, 0.25) is 10.0 Å². The Bertz CT molecular complexity index is 460. The molecule has 1 rings (SSSR count). The first-order valence-corrected chi connectivity index (χ1v) is 6.79. The second-order valence-corrected chi connectivity index (χ2v) is 5.49. The lowest BCUT2D eigenvalue weighted by atomic mass is 10.3. The van der Waals surface area contributed by atoms with E-state index in [4.69, 9.17) is 4.74 Å². The molecule has 1 aromatic carbocycles. The maximum atomic E-state index is 11.8. The molecule has 0 heterocycles. The molecule has 1 aromatic rings. The largest absolute Gasteiger partial charge is 0.381 e. The highest BCUT2D eigenvalue weighted by molar-refractivity contribution is 7.89. The molecule has 0 aliphatic carbocycles. The summed E-state index contributed by atoms with van der Waals surface area (Å²) in [5.74, 6) is 0. The van der Waals surface area contributed by atoms with Gasteiger partial charge in [0, 0.05) is 13.7 Å². The van der Waals surface area contributed by atoms with Crippen molar-refractivity contribution in [2.45, 2.75) is 17.9 Å². The van der Waals surface area contributed by atoms with Gasteiger partial charge in [-0.15, -0.1) is 0 Å². The van der Waals surface area contributed by atoms with E-state index in [0.29, 0.717) is 12.2 Å². The van der Waals surface area contributed by atoms with E-state index in [2.05, 4.69) is 10.0 Å². The van der Waals surface area contributed by atoms with Crippen molar-refractivity contribution in [1.82, 2.24) is 4.72 Å². The van der Waals surface area contributed by atoms with Crippen molar-refractivity contribution < 1.29 is 13.2 Å². The SMILES string of the molecule is CNS(=O)(=O)c1ccccc1NCC(C)OC. The molecule has 2 N–H and O–H groups in total. The molecule has 0 aliphatic rings. The number of hydrogen-bond acceptors (Lipinski definition) is 4. The van der Waals surface area contributed by atoms with Gasteiger partial charge in [0.15, 0.2) is 0 Å². The fourth-order valence-corrected chi connectivity index (χ4v) is 2.20. The smallest absolute Gasteiger partial charge is 0.242 e. The van der Waals surface area contributed by atoms with E-state index in [9.17, 15) is 8.42 Å². The maximum absolute atomic E-state index is 11.8. The molecule has 17 heavy (non-hydrogen) atoms. The molecule has 0 spiro atoms. The van der Waals surface area contributed by atoms with Gasteiger partial charge >= 0.3 is 0 Å². The summed E-state index contributed by atoms with van der Waals surface area (Å²) in [6.45, 7) is 2.45. The number of sulfonamides is 1. The number of hydrogen-bond donors (Lipinski definition) is 2. The number of para-hydroxylation sites is 1. The van der Waals surface area contributed by atoms with Crippen molar-refractivity contribution in [1.29, 1.82) is 0 Å². The third-order valence-corrected chi connectivity index (χ3v) is 3.90. The Balaban J connectivity index is 2.93. The van der Waals surface area contributed by atoms with Gasteiger partial charge in [-0.05, 0) is 26.1 Å². The summed E-state index contributed by atoms with van der Waals surface area (Å²) in [6.07, 6.45) is 0.0142. The van der Waals surface area contributed by atoms with E-state index in [-0.39, 0.29) is 11.0 Å². The van der Waals surface area contributed by atoms with Crippen molar-refractivity contribution in [3.63, 3.8) is 0 Å². The summed E-state index contributed by atoms with van der Waals surface area (Å²) in [4.78, 5) is 0.241. The topological polar surface area (TPSA) is 67.4 Å². The molecule has 0 aromatic heterocycles. The molecule has 0 radical (unpaired) electrons. The van der Waals surface area contributed by atoms with Crippen LogP contribution in [0.5, 0.6) is 0 Å². The van der Waals surface area contributed by atoms with Crippen LogP contribution in [0.15, 0.2) is 29.2 Å². The maximum Gasteiger partial charge on any atom is 0.242 e. The van der Waals surface area contributed by atoms with Crippen LogP contribution in [0, 0.1) is 0 Å². The number of benzene rings is 1. The van der Waals surface area contributed by atoms with Crippen LogP contribution >= 0.6 is 0 Å². The number of anilines is 1. The molecule has 0 amide bonds. The zero-order valence-electron chi connectivity index (χ0n) is 10.2. The van der Waals surface area contributed by atoms with Crippen molar-refractivity contribution in [3.05, 3.63) is 24.3 Å². The van der Waals surface area contributed by atoms with Crippen molar-refractivity contribution in [2.75, 3.05) is 26.0 Å². The standard InChI is InChI=1S/C11H18N2O3S/c1-9(16-3)8-13-10-6-4-5-7-11(10)17(14,15)12-2/h4-7,9,12-13H,8H2,1-3H3. The van der Waals surface area contributed by atoms with Gasteiger partial charge in [-0.1, -0.05) is 12.1 Å². The Morgan fingerprint density at radius 3 is 2.59 bits per heavy atom. The van der Waals surface area contributed by atoms with Gasteiger partial charge in [0.05, 0.1) is 11.8 Å². The normalized spacial score (nSPS) is 13.4. The van der Waals surface area contributed by atoms with Gasteiger partial charge in [0.25, 0.3) is 0 Å². The Morgan fingerprint density at radius 2 is 2.00 bits per heavy atom. The Morgan fingerprint density at radius 1 is 1.35 bits per heavy atom. The summed E-state index contributed by atoms with van der Waals surface area (Å²) in [5, 5.41) is 3.06. The average molecular weight is 258 g/mol. The van der Waals surface area contributed by atoms with Crippen LogP contribution in [-0.4, -0.2) is 35.2 Å². The molecule has 1 atom stereocenters. The predicted molar refractivity (Wildman–Crippen MR) is 67.6 cm³/mol. The lowest BCUT2D eigenvalue weighted by molar-refractivity contribution is 0.128. The molecule has 1 unspecified atom stereocenters. The first kappa shape index (κ1) is 14.0. The van der Waals surface area contributed by atoms with Crippen LogP contribution in [0.25, 0.3) is 0 Å². The second kappa shape index (κ2) is 6.00. The Kier molecular flexibility index (Phi) is 4.92. The lowest BCUT2D eigenvalue weighted by Gasteiger charge is -2.14. The minimum atomic E-state index is -3.44. The lowest BCUT2D eigenvalue weighted by Crippen LogP contribution is -2.23. The summed E-state index contributed by atoms with van der Waals surface area (Å²) >= 11 is 0. The number of methoxy groups -OCH3 is 1. The predicted octanol–water partition coefficient (Wildman–Crippen LogP) is 1.04. The van der Waals surface area contributed by atoms with Crippen LogP contribution in [0.1, 0.15) is 6.92 Å². The molecule has 0 fully saturated rings. The summed E-state index contributed by atoms with van der Waals surface area (Å²) < 4.78 is 30.9. The Labute approximate surface area is 102 Å². The van der Waals surface area contributed by atoms with Gasteiger partial charge in [-0.2, -0.15) is 0 Å². The molecule has 0 saturated carbocycles.